The van der Waals surface area contributed by atoms with Crippen molar-refractivity contribution in [1.82, 2.24) is 0 Å². The maximum Gasteiger partial charge on any atom is 0.256 e. The van der Waals surface area contributed by atoms with Crippen LogP contribution in [0.25, 0.3) is 0 Å². The minimum atomic E-state index is -0.512. The standard InChI is InChI=1S/C18H17ClFNO2S/c19-15-10-12(7-8-16(15)20)21-18(22)14-5-1-2-6-17(14)24-11-13-4-3-9-23-13/h1-2,5-8,10,13H,3-4,9,11H2,(H,21,22)/t13-/m1/s1. The van der Waals surface area contributed by atoms with Gasteiger partial charge in [-0.3, -0.25) is 4.79 Å². The quantitative estimate of drug-likeness (QED) is 0.757. The van der Waals surface area contributed by atoms with Crippen LogP contribution in [0.2, 0.25) is 5.02 Å². The Bertz CT molecular complexity index is 735. The van der Waals surface area contributed by atoms with Crippen LogP contribution in [0.15, 0.2) is 47.4 Å². The summed E-state index contributed by atoms with van der Waals surface area (Å²) in [6.07, 6.45) is 2.41. The van der Waals surface area contributed by atoms with E-state index in [2.05, 4.69) is 5.32 Å². The Kier molecular flexibility index (Phi) is 5.76. The summed E-state index contributed by atoms with van der Waals surface area (Å²) >= 11 is 7.37. The summed E-state index contributed by atoms with van der Waals surface area (Å²) in [7, 11) is 0. The van der Waals surface area contributed by atoms with Crippen molar-refractivity contribution >= 4 is 35.0 Å². The number of ether oxygens (including phenoxy) is 1. The Morgan fingerprint density at radius 1 is 1.33 bits per heavy atom. The highest BCUT2D eigenvalue weighted by Gasteiger charge is 2.18. The van der Waals surface area contributed by atoms with Crippen LogP contribution >= 0.6 is 23.4 Å². The number of carbonyl (C=O) groups is 1. The second-order valence-corrected chi connectivity index (χ2v) is 6.99. The van der Waals surface area contributed by atoms with Crippen molar-refractivity contribution < 1.29 is 13.9 Å². The fraction of sp³-hybridized carbons (Fsp3) is 0.278. The third-order valence-corrected chi connectivity index (χ3v) is 5.25. The Morgan fingerprint density at radius 3 is 2.92 bits per heavy atom. The van der Waals surface area contributed by atoms with E-state index in [9.17, 15) is 9.18 Å². The van der Waals surface area contributed by atoms with E-state index < -0.39 is 5.82 Å². The summed E-state index contributed by atoms with van der Waals surface area (Å²) in [6, 6.07) is 11.5. The number of nitrogens with one attached hydrogen (secondary N) is 1. The predicted molar refractivity (Wildman–Crippen MR) is 95.5 cm³/mol. The van der Waals surface area contributed by atoms with Crippen molar-refractivity contribution in [3.63, 3.8) is 0 Å². The number of halogens is 2. The van der Waals surface area contributed by atoms with Gasteiger partial charge in [-0.15, -0.1) is 11.8 Å². The van der Waals surface area contributed by atoms with Gasteiger partial charge in [0.25, 0.3) is 5.91 Å². The summed E-state index contributed by atoms with van der Waals surface area (Å²) in [6.45, 7) is 0.818. The molecule has 0 aliphatic carbocycles. The topological polar surface area (TPSA) is 38.3 Å². The van der Waals surface area contributed by atoms with E-state index in [0.717, 1.165) is 30.1 Å². The molecule has 3 rings (SSSR count). The van der Waals surface area contributed by atoms with Gasteiger partial charge in [0.15, 0.2) is 0 Å². The second kappa shape index (κ2) is 8.01. The van der Waals surface area contributed by atoms with Crippen molar-refractivity contribution in [2.45, 2.75) is 23.8 Å². The van der Waals surface area contributed by atoms with Crippen LogP contribution in [-0.4, -0.2) is 24.4 Å². The molecular formula is C18H17ClFNO2S. The van der Waals surface area contributed by atoms with Gasteiger partial charge in [-0.05, 0) is 43.2 Å². The van der Waals surface area contributed by atoms with Gasteiger partial charge in [-0.25, -0.2) is 4.39 Å². The SMILES string of the molecule is O=C(Nc1ccc(F)c(Cl)c1)c1ccccc1SC[C@H]1CCCO1. The molecule has 2 aromatic carbocycles. The first-order chi connectivity index (χ1) is 11.6. The molecule has 1 aliphatic heterocycles. The third-order valence-electron chi connectivity index (χ3n) is 3.76. The number of benzene rings is 2. The molecule has 1 fully saturated rings. The van der Waals surface area contributed by atoms with Gasteiger partial charge in [-0.2, -0.15) is 0 Å². The van der Waals surface area contributed by atoms with E-state index >= 15 is 0 Å². The lowest BCUT2D eigenvalue weighted by molar-refractivity contribution is 0.102. The molecular weight excluding hydrogens is 349 g/mol. The fourth-order valence-corrected chi connectivity index (χ4v) is 3.81. The van der Waals surface area contributed by atoms with Gasteiger partial charge >= 0.3 is 0 Å². The highest BCUT2D eigenvalue weighted by molar-refractivity contribution is 7.99. The molecule has 1 saturated heterocycles. The zero-order valence-corrected chi connectivity index (χ0v) is 14.5. The molecule has 1 aliphatic rings. The Hall–Kier alpha value is -1.56. The average molecular weight is 366 g/mol. The van der Waals surface area contributed by atoms with Crippen LogP contribution in [0.3, 0.4) is 0 Å². The number of hydrogen-bond acceptors (Lipinski definition) is 3. The molecule has 6 heteroatoms. The van der Waals surface area contributed by atoms with Crippen LogP contribution in [0.5, 0.6) is 0 Å². The second-order valence-electron chi connectivity index (χ2n) is 5.53. The monoisotopic (exact) mass is 365 g/mol. The lowest BCUT2D eigenvalue weighted by Crippen LogP contribution is -2.14. The van der Waals surface area contributed by atoms with E-state index in [-0.39, 0.29) is 17.0 Å². The fourth-order valence-electron chi connectivity index (χ4n) is 2.51. The number of rotatable bonds is 5. The molecule has 3 nitrogen and oxygen atoms in total. The summed E-state index contributed by atoms with van der Waals surface area (Å²) in [5.74, 6) is 0.0717. The number of thioether (sulfide) groups is 1. The molecule has 0 saturated carbocycles. The van der Waals surface area contributed by atoms with Crippen molar-refractivity contribution in [3.8, 4) is 0 Å². The molecule has 1 N–H and O–H groups in total. The van der Waals surface area contributed by atoms with Crippen LogP contribution in [-0.2, 0) is 4.74 Å². The van der Waals surface area contributed by atoms with Gasteiger partial charge < -0.3 is 10.1 Å². The molecule has 2 aromatic rings. The molecule has 24 heavy (non-hydrogen) atoms. The minimum absolute atomic E-state index is 0.0196. The van der Waals surface area contributed by atoms with E-state index in [1.165, 1.54) is 18.2 Å². The van der Waals surface area contributed by atoms with Crippen LogP contribution in [0.4, 0.5) is 10.1 Å². The number of anilines is 1. The average Bonchev–Trinajstić information content (AvgIpc) is 3.10. The van der Waals surface area contributed by atoms with Crippen LogP contribution < -0.4 is 5.32 Å². The van der Waals surface area contributed by atoms with Crippen LogP contribution in [0.1, 0.15) is 23.2 Å². The summed E-state index contributed by atoms with van der Waals surface area (Å²) in [5, 5.41) is 2.74. The number of amides is 1. The first-order valence-electron chi connectivity index (χ1n) is 7.73. The summed E-state index contributed by atoms with van der Waals surface area (Å²) in [5.41, 5.74) is 1.05. The van der Waals surface area contributed by atoms with Crippen LogP contribution in [0, 0.1) is 5.82 Å². The number of hydrogen-bond donors (Lipinski definition) is 1. The van der Waals surface area contributed by atoms with E-state index in [1.54, 1.807) is 17.8 Å². The minimum Gasteiger partial charge on any atom is -0.377 e. The Labute approximate surface area is 149 Å². The summed E-state index contributed by atoms with van der Waals surface area (Å²) in [4.78, 5) is 13.4. The van der Waals surface area contributed by atoms with Gasteiger partial charge in [-0.1, -0.05) is 23.7 Å². The maximum atomic E-state index is 13.2. The van der Waals surface area contributed by atoms with Crippen molar-refractivity contribution in [2.75, 3.05) is 17.7 Å². The third kappa shape index (κ3) is 4.29. The first kappa shape index (κ1) is 17.3. The molecule has 0 spiro atoms. The van der Waals surface area contributed by atoms with Crippen molar-refractivity contribution in [3.05, 3.63) is 58.9 Å². The van der Waals surface area contributed by atoms with Crippen molar-refractivity contribution in [2.24, 2.45) is 0 Å². The zero-order valence-electron chi connectivity index (χ0n) is 12.9. The molecule has 0 bridgehead atoms. The largest absolute Gasteiger partial charge is 0.377 e. The molecule has 126 valence electrons. The molecule has 1 amide bonds. The first-order valence-corrected chi connectivity index (χ1v) is 9.09. The lowest BCUT2D eigenvalue weighted by Gasteiger charge is -2.12. The van der Waals surface area contributed by atoms with E-state index in [4.69, 9.17) is 16.3 Å². The molecule has 0 unspecified atom stereocenters. The van der Waals surface area contributed by atoms with Crippen molar-refractivity contribution in [1.29, 1.82) is 0 Å². The Morgan fingerprint density at radius 2 is 2.17 bits per heavy atom. The smallest absolute Gasteiger partial charge is 0.256 e. The van der Waals surface area contributed by atoms with Gasteiger partial charge in [0.2, 0.25) is 0 Å². The van der Waals surface area contributed by atoms with Gasteiger partial charge in [0, 0.05) is 22.9 Å². The molecule has 1 heterocycles. The molecule has 0 aromatic heterocycles. The Balaban J connectivity index is 1.70. The number of carbonyl (C=O) groups excluding carboxylic acids is 1. The maximum absolute atomic E-state index is 13.2. The normalized spacial score (nSPS) is 17.0. The van der Waals surface area contributed by atoms with Gasteiger partial charge in [0.1, 0.15) is 5.82 Å². The predicted octanol–water partition coefficient (Wildman–Crippen LogP) is 5.00. The lowest BCUT2D eigenvalue weighted by atomic mass is 10.2. The zero-order chi connectivity index (χ0) is 16.9. The van der Waals surface area contributed by atoms with Gasteiger partial charge in [0.05, 0.1) is 16.7 Å². The summed E-state index contributed by atoms with van der Waals surface area (Å²) < 4.78 is 18.8. The molecule has 1 atom stereocenters. The van der Waals surface area contributed by atoms with E-state index in [1.807, 2.05) is 18.2 Å². The van der Waals surface area contributed by atoms with E-state index in [0.29, 0.717) is 11.3 Å². The highest BCUT2D eigenvalue weighted by atomic mass is 35.5. The molecule has 0 radical (unpaired) electrons. The highest BCUT2D eigenvalue weighted by Crippen LogP contribution is 2.28.